The first-order valence-corrected chi connectivity index (χ1v) is 9.26. The Hall–Kier alpha value is -4.02. The predicted molar refractivity (Wildman–Crippen MR) is 108 cm³/mol. The van der Waals surface area contributed by atoms with E-state index in [1.54, 1.807) is 31.2 Å². The minimum Gasteiger partial charge on any atom is -0.325 e. The molecule has 1 aliphatic heterocycles. The monoisotopic (exact) mass is 425 g/mol. The fourth-order valence-electron chi connectivity index (χ4n) is 3.18. The summed E-state index contributed by atoms with van der Waals surface area (Å²) in [5, 5.41) is 21.3. The number of rotatable bonds is 5. The number of H-pyrrole nitrogens is 1. The predicted octanol–water partition coefficient (Wildman–Crippen LogP) is 2.96. The molecule has 0 bridgehead atoms. The molecule has 158 valence electrons. The van der Waals surface area contributed by atoms with Gasteiger partial charge in [-0.2, -0.15) is 10.1 Å². The van der Waals surface area contributed by atoms with Crippen molar-refractivity contribution in [2.45, 2.75) is 19.8 Å². The zero-order valence-corrected chi connectivity index (χ0v) is 16.5. The highest BCUT2D eigenvalue weighted by molar-refractivity contribution is 6.28. The molecule has 2 heterocycles. The second-order valence-corrected chi connectivity index (χ2v) is 7.08. The third-order valence-electron chi connectivity index (χ3n) is 4.76. The van der Waals surface area contributed by atoms with Crippen LogP contribution in [0.1, 0.15) is 19.4 Å². The Labute approximate surface area is 175 Å². The summed E-state index contributed by atoms with van der Waals surface area (Å²) in [6, 6.07) is 12.1. The number of anilines is 2. The van der Waals surface area contributed by atoms with E-state index >= 15 is 0 Å². The van der Waals surface area contributed by atoms with Crippen molar-refractivity contribution in [3.05, 3.63) is 54.1 Å². The lowest BCUT2D eigenvalue weighted by Gasteiger charge is -2.16. The molecule has 0 aliphatic carbocycles. The minimum atomic E-state index is -3.05. The van der Waals surface area contributed by atoms with Crippen molar-refractivity contribution in [1.82, 2.24) is 20.6 Å². The zero-order chi connectivity index (χ0) is 22.2. The third-order valence-corrected chi connectivity index (χ3v) is 4.76. The van der Waals surface area contributed by atoms with Crippen LogP contribution in [0.2, 0.25) is 0 Å². The van der Waals surface area contributed by atoms with Gasteiger partial charge in [-0.3, -0.25) is 9.59 Å². The normalized spacial score (nSPS) is 16.4. The van der Waals surface area contributed by atoms with Gasteiger partial charge in [0.1, 0.15) is 0 Å². The summed E-state index contributed by atoms with van der Waals surface area (Å²) in [5.74, 6) is -4.93. The summed E-state index contributed by atoms with van der Waals surface area (Å²) in [6.07, 6.45) is 0. The number of hydrogen-bond acceptors (Lipinski definition) is 6. The number of aromatic nitrogens is 4. The number of alkyl halides is 2. The molecule has 11 heteroatoms. The zero-order valence-electron chi connectivity index (χ0n) is 16.5. The number of nitrogens with one attached hydrogen (secondary N) is 2. The fourth-order valence-corrected chi connectivity index (χ4v) is 3.18. The lowest BCUT2D eigenvalue weighted by Crippen LogP contribution is -2.36. The van der Waals surface area contributed by atoms with Crippen LogP contribution in [-0.2, 0) is 15.5 Å². The van der Waals surface area contributed by atoms with Gasteiger partial charge in [0.05, 0.1) is 11.4 Å². The highest BCUT2D eigenvalue weighted by atomic mass is 19.3. The number of amides is 2. The van der Waals surface area contributed by atoms with Crippen molar-refractivity contribution in [2.75, 3.05) is 10.3 Å². The van der Waals surface area contributed by atoms with E-state index in [0.29, 0.717) is 22.8 Å². The van der Waals surface area contributed by atoms with Crippen LogP contribution in [0.15, 0.2) is 53.6 Å². The van der Waals surface area contributed by atoms with Crippen LogP contribution in [0.25, 0.3) is 11.4 Å². The maximum absolute atomic E-state index is 13.5. The molecule has 0 fully saturated rings. The summed E-state index contributed by atoms with van der Waals surface area (Å²) in [5.41, 5.74) is 1.40. The number of carbonyl (C=O) groups is 2. The molecule has 3 aromatic rings. The van der Waals surface area contributed by atoms with Crippen molar-refractivity contribution >= 4 is 28.9 Å². The van der Waals surface area contributed by atoms with Gasteiger partial charge in [0.25, 0.3) is 11.8 Å². The maximum Gasteiger partial charge on any atom is 0.270 e. The molecule has 0 saturated heterocycles. The van der Waals surface area contributed by atoms with Gasteiger partial charge in [-0.25, -0.2) is 13.9 Å². The van der Waals surface area contributed by atoms with Gasteiger partial charge in [-0.05, 0) is 53.7 Å². The summed E-state index contributed by atoms with van der Waals surface area (Å²) in [4.78, 5) is 25.6. The second-order valence-electron chi connectivity index (χ2n) is 7.08. The number of nitrogens with zero attached hydrogens (tertiary/aromatic N) is 5. The minimum absolute atomic E-state index is 0.174. The van der Waals surface area contributed by atoms with Crippen LogP contribution in [0.4, 0.5) is 20.2 Å². The molecule has 0 radical (unpaired) electrons. The van der Waals surface area contributed by atoms with E-state index in [-0.39, 0.29) is 11.3 Å². The Bertz CT molecular complexity index is 1160. The van der Waals surface area contributed by atoms with Gasteiger partial charge in [0.2, 0.25) is 5.91 Å². The lowest BCUT2D eigenvalue weighted by molar-refractivity contribution is -0.127. The number of tetrazole rings is 1. The standard InChI is InChI=1S/C20H17F2N7O2/c1-11-16(18(30)23-14-5-3-4-13(10-14)20(2,21)22)19(31)29(26-11)15-8-6-12(7-9-15)17-24-27-28-25-17/h3-10,16H,1-2H3,(H,23,30)(H,24,25,27,28). The summed E-state index contributed by atoms with van der Waals surface area (Å²) < 4.78 is 27.1. The molecule has 1 aromatic heterocycles. The van der Waals surface area contributed by atoms with Gasteiger partial charge >= 0.3 is 0 Å². The largest absolute Gasteiger partial charge is 0.325 e. The van der Waals surface area contributed by atoms with Crippen LogP contribution in [0.5, 0.6) is 0 Å². The molecular weight excluding hydrogens is 408 g/mol. The lowest BCUT2D eigenvalue weighted by atomic mass is 10.0. The van der Waals surface area contributed by atoms with Crippen molar-refractivity contribution in [2.24, 2.45) is 11.0 Å². The number of aromatic amines is 1. The number of benzene rings is 2. The van der Waals surface area contributed by atoms with Crippen LogP contribution >= 0.6 is 0 Å². The van der Waals surface area contributed by atoms with E-state index in [0.717, 1.165) is 11.9 Å². The van der Waals surface area contributed by atoms with Crippen molar-refractivity contribution in [1.29, 1.82) is 0 Å². The van der Waals surface area contributed by atoms with Crippen molar-refractivity contribution < 1.29 is 18.4 Å². The number of carbonyl (C=O) groups excluding carboxylic acids is 2. The van der Waals surface area contributed by atoms with E-state index < -0.39 is 23.7 Å². The maximum atomic E-state index is 13.5. The van der Waals surface area contributed by atoms with Crippen LogP contribution in [0, 0.1) is 5.92 Å². The molecule has 1 unspecified atom stereocenters. The third kappa shape index (κ3) is 4.02. The Kier molecular flexibility index (Phi) is 5.01. The average molecular weight is 425 g/mol. The van der Waals surface area contributed by atoms with Gasteiger partial charge in [0.15, 0.2) is 11.7 Å². The van der Waals surface area contributed by atoms with E-state index in [1.807, 2.05) is 0 Å². The molecule has 9 nitrogen and oxygen atoms in total. The van der Waals surface area contributed by atoms with E-state index in [4.69, 9.17) is 0 Å². The molecule has 31 heavy (non-hydrogen) atoms. The SMILES string of the molecule is CC1=NN(c2ccc(-c3nnn[nH]3)cc2)C(=O)C1C(=O)Nc1cccc(C(C)(F)F)c1. The van der Waals surface area contributed by atoms with Crippen molar-refractivity contribution in [3.8, 4) is 11.4 Å². The highest BCUT2D eigenvalue weighted by Gasteiger charge is 2.40. The smallest absolute Gasteiger partial charge is 0.270 e. The number of halogens is 2. The van der Waals surface area contributed by atoms with E-state index in [9.17, 15) is 18.4 Å². The Morgan fingerprint density at radius 3 is 2.58 bits per heavy atom. The van der Waals surface area contributed by atoms with Gasteiger partial charge in [-0.1, -0.05) is 12.1 Å². The molecule has 2 N–H and O–H groups in total. The van der Waals surface area contributed by atoms with Crippen LogP contribution in [0.3, 0.4) is 0 Å². The molecule has 2 amide bonds. The molecule has 0 spiro atoms. The Morgan fingerprint density at radius 1 is 1.19 bits per heavy atom. The molecule has 0 saturated carbocycles. The van der Waals surface area contributed by atoms with Gasteiger partial charge in [-0.15, -0.1) is 5.10 Å². The van der Waals surface area contributed by atoms with E-state index in [2.05, 4.69) is 31.0 Å². The van der Waals surface area contributed by atoms with Crippen LogP contribution in [-0.4, -0.2) is 38.2 Å². The first-order chi connectivity index (χ1) is 14.7. The molecule has 1 aliphatic rings. The quantitative estimate of drug-likeness (QED) is 0.610. The average Bonchev–Trinajstić information content (AvgIpc) is 3.36. The second kappa shape index (κ2) is 7.67. The summed E-state index contributed by atoms with van der Waals surface area (Å²) in [7, 11) is 0. The van der Waals surface area contributed by atoms with E-state index in [1.165, 1.54) is 24.3 Å². The number of hydrazone groups is 1. The summed E-state index contributed by atoms with van der Waals surface area (Å²) >= 11 is 0. The Balaban J connectivity index is 1.50. The molecular formula is C20H17F2N7O2. The van der Waals surface area contributed by atoms with Gasteiger partial charge < -0.3 is 5.32 Å². The summed E-state index contributed by atoms with van der Waals surface area (Å²) in [6.45, 7) is 2.33. The topological polar surface area (TPSA) is 116 Å². The fraction of sp³-hybridized carbons (Fsp3) is 0.200. The molecule has 4 rings (SSSR count). The first-order valence-electron chi connectivity index (χ1n) is 9.26. The Morgan fingerprint density at radius 2 is 1.94 bits per heavy atom. The van der Waals surface area contributed by atoms with Crippen molar-refractivity contribution in [3.63, 3.8) is 0 Å². The van der Waals surface area contributed by atoms with Gasteiger partial charge in [0, 0.05) is 23.7 Å². The first kappa shape index (κ1) is 20.3. The molecule has 2 aromatic carbocycles. The highest BCUT2D eigenvalue weighted by Crippen LogP contribution is 2.30. The molecule has 1 atom stereocenters. The van der Waals surface area contributed by atoms with Crippen LogP contribution < -0.4 is 10.3 Å². The number of hydrogen-bond donors (Lipinski definition) is 2.